The van der Waals surface area contributed by atoms with Crippen LogP contribution in [0.3, 0.4) is 0 Å². The van der Waals surface area contributed by atoms with Gasteiger partial charge in [0, 0.05) is 19.1 Å². The van der Waals surface area contributed by atoms with Crippen LogP contribution in [0.15, 0.2) is 17.9 Å². The van der Waals surface area contributed by atoms with E-state index in [1.165, 1.54) is 0 Å². The molecule has 0 bridgehead atoms. The Kier molecular flexibility index (Phi) is 5.83. The van der Waals surface area contributed by atoms with E-state index in [4.69, 9.17) is 14.3 Å². The highest BCUT2D eigenvalue weighted by Crippen LogP contribution is 2.52. The van der Waals surface area contributed by atoms with Gasteiger partial charge >= 0.3 is 6.16 Å². The number of carbonyl (C=O) groups is 2. The monoisotopic (exact) mass is 428 g/mol. The first-order valence-electron chi connectivity index (χ1n) is 11.1. The van der Waals surface area contributed by atoms with Gasteiger partial charge < -0.3 is 19.2 Å². The van der Waals surface area contributed by atoms with E-state index in [1.54, 1.807) is 14.0 Å². The molecule has 0 radical (unpaired) electrons. The van der Waals surface area contributed by atoms with E-state index in [1.807, 2.05) is 30.7 Å². The number of hydroxylamine groups is 2. The largest absolute Gasteiger partial charge is 0.513 e. The Hall–Kier alpha value is -2.38. The molecule has 7 nitrogen and oxygen atoms in total. The zero-order valence-corrected chi connectivity index (χ0v) is 19.1. The standard InChI is InChI=1S/C24H32N2O5/c1-6-30-23(28)31-21-20(19-16(3)13-15(2)14-17(19)4)22(27)26(18-7-8-18)24(21)9-11-25(29-5)12-10-24/h13-14,18H,6-12H2,1-5H3. The third kappa shape index (κ3) is 3.74. The van der Waals surface area contributed by atoms with Gasteiger partial charge in [0.25, 0.3) is 5.91 Å². The van der Waals surface area contributed by atoms with Crippen LogP contribution in [-0.4, -0.2) is 60.4 Å². The van der Waals surface area contributed by atoms with Gasteiger partial charge in [-0.1, -0.05) is 17.7 Å². The molecule has 0 atom stereocenters. The molecule has 0 aromatic heterocycles. The van der Waals surface area contributed by atoms with Crippen LogP contribution >= 0.6 is 0 Å². The van der Waals surface area contributed by atoms with E-state index in [0.717, 1.165) is 35.1 Å². The molecular weight excluding hydrogens is 396 g/mol. The molecule has 1 aromatic rings. The number of rotatable bonds is 5. The lowest BCUT2D eigenvalue weighted by molar-refractivity contribution is -0.165. The molecule has 1 aromatic carbocycles. The Morgan fingerprint density at radius 1 is 1.13 bits per heavy atom. The topological polar surface area (TPSA) is 68.3 Å². The zero-order valence-electron chi connectivity index (χ0n) is 19.1. The van der Waals surface area contributed by atoms with Gasteiger partial charge in [-0.2, -0.15) is 5.06 Å². The first-order chi connectivity index (χ1) is 14.8. The van der Waals surface area contributed by atoms with Crippen molar-refractivity contribution < 1.29 is 23.9 Å². The van der Waals surface area contributed by atoms with Crippen LogP contribution in [0.1, 0.15) is 54.9 Å². The normalized spacial score (nSPS) is 21.2. The van der Waals surface area contributed by atoms with Gasteiger partial charge in [0.1, 0.15) is 5.54 Å². The van der Waals surface area contributed by atoms with E-state index in [-0.39, 0.29) is 18.6 Å². The van der Waals surface area contributed by atoms with Gasteiger partial charge in [-0.05, 0) is 70.1 Å². The van der Waals surface area contributed by atoms with Crippen LogP contribution in [0.5, 0.6) is 0 Å². The van der Waals surface area contributed by atoms with Gasteiger partial charge in [0.2, 0.25) is 0 Å². The number of hydrogen-bond acceptors (Lipinski definition) is 6. The predicted octanol–water partition coefficient (Wildman–Crippen LogP) is 3.90. The molecule has 2 heterocycles. The first kappa shape index (κ1) is 21.8. The second-order valence-corrected chi connectivity index (χ2v) is 8.81. The van der Waals surface area contributed by atoms with Crippen LogP contribution in [0.4, 0.5) is 4.79 Å². The van der Waals surface area contributed by atoms with E-state index in [9.17, 15) is 9.59 Å². The molecule has 168 valence electrons. The van der Waals surface area contributed by atoms with Crippen LogP contribution in [0, 0.1) is 20.8 Å². The second-order valence-electron chi connectivity index (χ2n) is 8.81. The number of nitrogens with zero attached hydrogens (tertiary/aromatic N) is 2. The quantitative estimate of drug-likeness (QED) is 0.663. The van der Waals surface area contributed by atoms with Gasteiger partial charge in [0.15, 0.2) is 5.76 Å². The summed E-state index contributed by atoms with van der Waals surface area (Å²) in [6.45, 7) is 9.34. The number of carbonyl (C=O) groups excluding carboxylic acids is 2. The molecule has 3 aliphatic rings. The van der Waals surface area contributed by atoms with Crippen molar-refractivity contribution in [2.24, 2.45) is 0 Å². The molecule has 7 heteroatoms. The first-order valence-corrected chi connectivity index (χ1v) is 11.1. The van der Waals surface area contributed by atoms with E-state index >= 15 is 0 Å². The summed E-state index contributed by atoms with van der Waals surface area (Å²) in [6, 6.07) is 4.33. The van der Waals surface area contributed by atoms with Crippen molar-refractivity contribution in [3.8, 4) is 0 Å². The van der Waals surface area contributed by atoms with Crippen LogP contribution in [0.2, 0.25) is 0 Å². The minimum absolute atomic E-state index is 0.0391. The Bertz CT molecular complexity index is 903. The van der Waals surface area contributed by atoms with Crippen molar-refractivity contribution in [2.45, 2.75) is 65.0 Å². The lowest BCUT2D eigenvalue weighted by Crippen LogP contribution is -2.56. The lowest BCUT2D eigenvalue weighted by atomic mass is 9.84. The lowest BCUT2D eigenvalue weighted by Gasteiger charge is -2.45. The fourth-order valence-corrected chi connectivity index (χ4v) is 5.28. The number of piperidine rings is 1. The molecule has 0 N–H and O–H groups in total. The fourth-order valence-electron chi connectivity index (χ4n) is 5.28. The zero-order chi connectivity index (χ0) is 22.3. The molecule has 31 heavy (non-hydrogen) atoms. The number of hydrogen-bond donors (Lipinski definition) is 0. The minimum Gasteiger partial charge on any atom is -0.434 e. The maximum atomic E-state index is 13.9. The SMILES string of the molecule is CCOC(=O)OC1=C(c2c(C)cc(C)cc2C)C(=O)N(C2CC2)C12CCN(OC)CC2. The molecule has 1 saturated heterocycles. The number of benzene rings is 1. The number of aryl methyl sites for hydroxylation is 3. The predicted molar refractivity (Wildman–Crippen MR) is 116 cm³/mol. The number of ether oxygens (including phenoxy) is 2. The average Bonchev–Trinajstić information content (AvgIpc) is 3.51. The summed E-state index contributed by atoms with van der Waals surface area (Å²) >= 11 is 0. The maximum absolute atomic E-state index is 13.9. The highest BCUT2D eigenvalue weighted by molar-refractivity contribution is 6.24. The molecule has 1 saturated carbocycles. The van der Waals surface area contributed by atoms with E-state index < -0.39 is 11.7 Å². The molecular formula is C24H32N2O5. The van der Waals surface area contributed by atoms with E-state index in [2.05, 4.69) is 12.1 Å². The minimum atomic E-state index is -0.753. The Labute approximate surface area is 183 Å². The highest BCUT2D eigenvalue weighted by atomic mass is 16.7. The van der Waals surface area contributed by atoms with Crippen molar-refractivity contribution >= 4 is 17.6 Å². The summed E-state index contributed by atoms with van der Waals surface area (Å²) in [5.74, 6) is 0.413. The molecule has 1 spiro atoms. The molecule has 0 unspecified atom stereocenters. The summed E-state index contributed by atoms with van der Waals surface area (Å²) in [7, 11) is 1.66. The third-order valence-electron chi connectivity index (χ3n) is 6.64. The molecule has 1 amide bonds. The Morgan fingerprint density at radius 2 is 1.74 bits per heavy atom. The summed E-state index contributed by atoms with van der Waals surface area (Å²) in [6.07, 6.45) is 2.49. The summed E-state index contributed by atoms with van der Waals surface area (Å²) in [5, 5.41) is 1.89. The molecule has 2 fully saturated rings. The number of amides is 1. The summed E-state index contributed by atoms with van der Waals surface area (Å²) in [5.41, 5.74) is 3.88. The van der Waals surface area contributed by atoms with Crippen molar-refractivity contribution in [1.82, 2.24) is 9.96 Å². The highest BCUT2D eigenvalue weighted by Gasteiger charge is 2.59. The average molecular weight is 429 g/mol. The van der Waals surface area contributed by atoms with E-state index in [0.29, 0.717) is 37.3 Å². The van der Waals surface area contributed by atoms with Gasteiger partial charge in [-0.25, -0.2) is 4.79 Å². The smallest absolute Gasteiger partial charge is 0.434 e. The van der Waals surface area contributed by atoms with Gasteiger partial charge in [0.05, 0.1) is 19.3 Å². The van der Waals surface area contributed by atoms with Crippen LogP contribution < -0.4 is 0 Å². The maximum Gasteiger partial charge on any atom is 0.513 e. The Balaban J connectivity index is 1.89. The van der Waals surface area contributed by atoms with Crippen LogP contribution in [0.25, 0.3) is 5.57 Å². The third-order valence-corrected chi connectivity index (χ3v) is 6.64. The molecule has 2 aliphatic heterocycles. The van der Waals surface area contributed by atoms with Crippen molar-refractivity contribution in [2.75, 3.05) is 26.8 Å². The van der Waals surface area contributed by atoms with Crippen molar-refractivity contribution in [3.05, 3.63) is 40.1 Å². The van der Waals surface area contributed by atoms with Gasteiger partial charge in [-0.3, -0.25) is 4.79 Å². The summed E-state index contributed by atoms with van der Waals surface area (Å²) in [4.78, 5) is 33.9. The fraction of sp³-hybridized carbons (Fsp3) is 0.583. The summed E-state index contributed by atoms with van der Waals surface area (Å²) < 4.78 is 11.0. The van der Waals surface area contributed by atoms with Crippen LogP contribution in [-0.2, 0) is 19.1 Å². The van der Waals surface area contributed by atoms with Crippen molar-refractivity contribution in [3.63, 3.8) is 0 Å². The second kappa shape index (κ2) is 8.28. The molecule has 4 rings (SSSR count). The van der Waals surface area contributed by atoms with Crippen molar-refractivity contribution in [1.29, 1.82) is 0 Å². The Morgan fingerprint density at radius 3 is 2.26 bits per heavy atom. The molecule has 1 aliphatic carbocycles. The van der Waals surface area contributed by atoms with Gasteiger partial charge in [-0.15, -0.1) is 0 Å².